The summed E-state index contributed by atoms with van der Waals surface area (Å²) < 4.78 is 10.4. The van der Waals surface area contributed by atoms with Gasteiger partial charge in [0.15, 0.2) is 5.76 Å². The van der Waals surface area contributed by atoms with Crippen molar-refractivity contribution in [2.75, 3.05) is 17.7 Å². The Kier molecular flexibility index (Phi) is 5.69. The Morgan fingerprint density at radius 1 is 1.00 bits per heavy atom. The van der Waals surface area contributed by atoms with Crippen LogP contribution in [0, 0.1) is 0 Å². The zero-order valence-electron chi connectivity index (χ0n) is 14.6. The molecule has 1 aromatic heterocycles. The number of nitrogens with one attached hydrogen (secondary N) is 2. The van der Waals surface area contributed by atoms with Crippen molar-refractivity contribution in [3.05, 3.63) is 84.3 Å². The van der Waals surface area contributed by atoms with E-state index in [0.717, 1.165) is 5.56 Å². The highest BCUT2D eigenvalue weighted by molar-refractivity contribution is 6.04. The Morgan fingerprint density at radius 2 is 1.81 bits per heavy atom. The van der Waals surface area contributed by atoms with E-state index in [0.29, 0.717) is 17.1 Å². The summed E-state index contributed by atoms with van der Waals surface area (Å²) in [5.74, 6) is -0.0469. The number of furan rings is 1. The van der Waals surface area contributed by atoms with Gasteiger partial charge in [-0.3, -0.25) is 9.59 Å². The molecule has 1 heterocycles. The molecule has 0 aliphatic carbocycles. The van der Waals surface area contributed by atoms with Crippen LogP contribution in [0.5, 0.6) is 5.75 Å². The molecule has 27 heavy (non-hydrogen) atoms. The number of methoxy groups -OCH3 is 1. The highest BCUT2D eigenvalue weighted by Gasteiger charge is 2.12. The molecule has 3 aromatic rings. The molecule has 0 radical (unpaired) electrons. The van der Waals surface area contributed by atoms with Crippen LogP contribution in [0.15, 0.2) is 77.4 Å². The van der Waals surface area contributed by atoms with Crippen molar-refractivity contribution in [3.63, 3.8) is 0 Å². The molecule has 0 atom stereocenters. The van der Waals surface area contributed by atoms with Gasteiger partial charge in [-0.15, -0.1) is 0 Å². The van der Waals surface area contributed by atoms with E-state index in [-0.39, 0.29) is 17.6 Å². The molecular weight excluding hydrogens is 344 g/mol. The molecule has 0 aliphatic rings. The summed E-state index contributed by atoms with van der Waals surface area (Å²) in [5.41, 5.74) is 1.95. The zero-order valence-corrected chi connectivity index (χ0v) is 14.6. The van der Waals surface area contributed by atoms with Crippen LogP contribution in [-0.2, 0) is 4.79 Å². The Hall–Kier alpha value is -3.80. The Morgan fingerprint density at radius 3 is 2.52 bits per heavy atom. The van der Waals surface area contributed by atoms with Crippen molar-refractivity contribution in [3.8, 4) is 5.75 Å². The number of anilines is 2. The standard InChI is InChI=1S/C21H18N2O4/c1-26-19-14-16(22-20(24)12-9-15-6-3-2-4-7-15)10-11-17(19)23-21(25)18-8-5-13-27-18/h2-14H,1H3,(H,22,24)(H,23,25)/b12-9-. The summed E-state index contributed by atoms with van der Waals surface area (Å²) in [4.78, 5) is 24.2. The number of amides is 2. The van der Waals surface area contributed by atoms with Crippen LogP contribution in [0.2, 0.25) is 0 Å². The van der Waals surface area contributed by atoms with Gasteiger partial charge in [-0.25, -0.2) is 0 Å². The zero-order chi connectivity index (χ0) is 19.1. The summed E-state index contributed by atoms with van der Waals surface area (Å²) in [7, 11) is 1.48. The van der Waals surface area contributed by atoms with Gasteiger partial charge in [-0.1, -0.05) is 30.3 Å². The van der Waals surface area contributed by atoms with Crippen molar-refractivity contribution in [1.82, 2.24) is 0 Å². The number of carbonyl (C=O) groups is 2. The molecule has 0 saturated carbocycles. The molecule has 136 valence electrons. The first-order valence-electron chi connectivity index (χ1n) is 8.23. The fraction of sp³-hybridized carbons (Fsp3) is 0.0476. The largest absolute Gasteiger partial charge is 0.494 e. The second-order valence-electron chi connectivity index (χ2n) is 5.58. The summed E-state index contributed by atoms with van der Waals surface area (Å²) in [6, 6.07) is 17.7. The molecule has 0 spiro atoms. The summed E-state index contributed by atoms with van der Waals surface area (Å²) in [6.45, 7) is 0. The third-order valence-corrected chi connectivity index (χ3v) is 3.69. The van der Waals surface area contributed by atoms with Gasteiger partial charge >= 0.3 is 0 Å². The molecule has 0 bridgehead atoms. The predicted octanol–water partition coefficient (Wildman–Crippen LogP) is 4.19. The molecule has 0 unspecified atom stereocenters. The monoisotopic (exact) mass is 362 g/mol. The molecule has 6 nitrogen and oxygen atoms in total. The lowest BCUT2D eigenvalue weighted by atomic mass is 10.2. The van der Waals surface area contributed by atoms with Gasteiger partial charge in [-0.2, -0.15) is 0 Å². The van der Waals surface area contributed by atoms with E-state index >= 15 is 0 Å². The SMILES string of the molecule is COc1cc(NC(=O)/C=C\c2ccccc2)ccc1NC(=O)c1ccco1. The maximum atomic E-state index is 12.1. The highest BCUT2D eigenvalue weighted by atomic mass is 16.5. The number of rotatable bonds is 6. The van der Waals surface area contributed by atoms with Gasteiger partial charge in [0.25, 0.3) is 5.91 Å². The molecule has 2 amide bonds. The smallest absolute Gasteiger partial charge is 0.291 e. The van der Waals surface area contributed by atoms with Crippen molar-refractivity contribution >= 4 is 29.3 Å². The second-order valence-corrected chi connectivity index (χ2v) is 5.58. The third kappa shape index (κ3) is 4.85. The van der Waals surface area contributed by atoms with Crippen molar-refractivity contribution < 1.29 is 18.7 Å². The first-order chi connectivity index (χ1) is 13.2. The van der Waals surface area contributed by atoms with E-state index in [4.69, 9.17) is 9.15 Å². The van der Waals surface area contributed by atoms with Crippen LogP contribution in [0.3, 0.4) is 0 Å². The second kappa shape index (κ2) is 8.53. The van der Waals surface area contributed by atoms with Crippen LogP contribution in [-0.4, -0.2) is 18.9 Å². The van der Waals surface area contributed by atoms with Crippen LogP contribution in [0.4, 0.5) is 11.4 Å². The lowest BCUT2D eigenvalue weighted by Crippen LogP contribution is -2.12. The third-order valence-electron chi connectivity index (χ3n) is 3.69. The average molecular weight is 362 g/mol. The Bertz CT molecular complexity index is 948. The van der Waals surface area contributed by atoms with E-state index in [1.807, 2.05) is 30.3 Å². The van der Waals surface area contributed by atoms with Gasteiger partial charge < -0.3 is 19.8 Å². The minimum Gasteiger partial charge on any atom is -0.494 e. The van der Waals surface area contributed by atoms with Crippen molar-refractivity contribution in [1.29, 1.82) is 0 Å². The van der Waals surface area contributed by atoms with Crippen molar-refractivity contribution in [2.24, 2.45) is 0 Å². The first-order valence-corrected chi connectivity index (χ1v) is 8.23. The lowest BCUT2D eigenvalue weighted by Gasteiger charge is -2.11. The van der Waals surface area contributed by atoms with Crippen molar-refractivity contribution in [2.45, 2.75) is 0 Å². The van der Waals surface area contributed by atoms with E-state index in [1.165, 1.54) is 19.4 Å². The number of ether oxygens (including phenoxy) is 1. The molecule has 0 aliphatic heterocycles. The summed E-state index contributed by atoms with van der Waals surface area (Å²) >= 11 is 0. The average Bonchev–Trinajstić information content (AvgIpc) is 3.23. The Labute approximate surface area is 156 Å². The van der Waals surface area contributed by atoms with Crippen LogP contribution < -0.4 is 15.4 Å². The molecule has 0 fully saturated rings. The van der Waals surface area contributed by atoms with Crippen LogP contribution in [0.25, 0.3) is 6.08 Å². The molecule has 3 rings (SSSR count). The van der Waals surface area contributed by atoms with Gasteiger partial charge in [0.1, 0.15) is 5.75 Å². The molecule has 0 saturated heterocycles. The van der Waals surface area contributed by atoms with E-state index in [9.17, 15) is 9.59 Å². The quantitative estimate of drug-likeness (QED) is 0.644. The fourth-order valence-corrected chi connectivity index (χ4v) is 2.38. The number of hydrogen-bond donors (Lipinski definition) is 2. The topological polar surface area (TPSA) is 80.6 Å². The van der Waals surface area contributed by atoms with E-state index < -0.39 is 0 Å². The van der Waals surface area contributed by atoms with Gasteiger partial charge in [0.05, 0.1) is 19.1 Å². The number of hydrogen-bond acceptors (Lipinski definition) is 4. The van der Waals surface area contributed by atoms with Gasteiger partial charge in [0.2, 0.25) is 5.91 Å². The number of benzene rings is 2. The summed E-state index contributed by atoms with van der Waals surface area (Å²) in [5, 5.41) is 5.46. The minimum atomic E-state index is -0.388. The first kappa shape index (κ1) is 18.0. The maximum Gasteiger partial charge on any atom is 0.291 e. The molecule has 2 N–H and O–H groups in total. The van der Waals surface area contributed by atoms with Gasteiger partial charge in [0, 0.05) is 17.8 Å². The van der Waals surface area contributed by atoms with Crippen LogP contribution in [0.1, 0.15) is 16.1 Å². The Balaban J connectivity index is 1.67. The summed E-state index contributed by atoms with van der Waals surface area (Å²) in [6.07, 6.45) is 4.60. The van der Waals surface area contributed by atoms with E-state index in [2.05, 4.69) is 10.6 Å². The molecule has 6 heteroatoms. The normalized spacial score (nSPS) is 10.6. The molecule has 2 aromatic carbocycles. The van der Waals surface area contributed by atoms with Crippen LogP contribution >= 0.6 is 0 Å². The fourth-order valence-electron chi connectivity index (χ4n) is 2.38. The highest BCUT2D eigenvalue weighted by Crippen LogP contribution is 2.28. The minimum absolute atomic E-state index is 0.195. The maximum absolute atomic E-state index is 12.1. The molecular formula is C21H18N2O4. The van der Waals surface area contributed by atoms with Gasteiger partial charge in [-0.05, 0) is 35.9 Å². The lowest BCUT2D eigenvalue weighted by molar-refractivity contribution is -0.111. The predicted molar refractivity (Wildman–Crippen MR) is 104 cm³/mol. The number of carbonyl (C=O) groups excluding carboxylic acids is 2. The van der Waals surface area contributed by atoms with E-state index in [1.54, 1.807) is 36.4 Å².